The molecule has 0 fully saturated rings. The molecule has 0 aromatic heterocycles. The van der Waals surface area contributed by atoms with Crippen LogP contribution in [0.3, 0.4) is 0 Å². The fourth-order valence-corrected chi connectivity index (χ4v) is 2.29. The van der Waals surface area contributed by atoms with Crippen molar-refractivity contribution in [3.63, 3.8) is 0 Å². The number of carbonyl (C=O) groups is 1. The zero-order valence-electron chi connectivity index (χ0n) is 13.3. The fraction of sp³-hybridized carbons (Fsp3) is 0.167. The average molecular weight is 326 g/mol. The van der Waals surface area contributed by atoms with Crippen LogP contribution in [-0.2, 0) is 6.54 Å². The highest BCUT2D eigenvalue weighted by molar-refractivity contribution is 5.79. The first kappa shape index (κ1) is 17.2. The largest absolute Gasteiger partial charge is 0.490 e. The number of nitro groups is 1. The van der Waals surface area contributed by atoms with Gasteiger partial charge in [0.15, 0.2) is 0 Å². The summed E-state index contributed by atoms with van der Waals surface area (Å²) >= 11 is 0. The van der Waals surface area contributed by atoms with Crippen LogP contribution in [0.4, 0.5) is 11.4 Å². The van der Waals surface area contributed by atoms with Crippen molar-refractivity contribution in [2.75, 3.05) is 18.6 Å². The molecule has 0 saturated carbocycles. The van der Waals surface area contributed by atoms with E-state index in [0.29, 0.717) is 25.1 Å². The molecule has 124 valence electrons. The molecular formula is C18H18N2O4. The van der Waals surface area contributed by atoms with Crippen LogP contribution < -0.4 is 9.64 Å². The van der Waals surface area contributed by atoms with Crippen LogP contribution in [-0.4, -0.2) is 24.9 Å². The van der Waals surface area contributed by atoms with Gasteiger partial charge in [-0.25, -0.2) is 0 Å². The van der Waals surface area contributed by atoms with Gasteiger partial charge in [0.25, 0.3) is 5.69 Å². The Hall–Kier alpha value is -3.15. The van der Waals surface area contributed by atoms with Crippen LogP contribution in [0.5, 0.6) is 5.75 Å². The third-order valence-corrected chi connectivity index (χ3v) is 3.45. The Labute approximate surface area is 140 Å². The molecular weight excluding hydrogens is 308 g/mol. The van der Waals surface area contributed by atoms with E-state index in [-0.39, 0.29) is 11.3 Å². The van der Waals surface area contributed by atoms with Crippen LogP contribution in [0.15, 0.2) is 55.1 Å². The van der Waals surface area contributed by atoms with Crippen molar-refractivity contribution >= 4 is 17.7 Å². The minimum Gasteiger partial charge on any atom is -0.490 e. The van der Waals surface area contributed by atoms with Gasteiger partial charge in [-0.15, -0.1) is 0 Å². The zero-order valence-corrected chi connectivity index (χ0v) is 13.3. The molecule has 0 bridgehead atoms. The van der Waals surface area contributed by atoms with Gasteiger partial charge in [0.2, 0.25) is 0 Å². The smallest absolute Gasteiger partial charge is 0.293 e. The van der Waals surface area contributed by atoms with Crippen LogP contribution in [0.1, 0.15) is 15.9 Å². The molecule has 0 spiro atoms. The van der Waals surface area contributed by atoms with Gasteiger partial charge in [-0.2, -0.15) is 0 Å². The first-order valence-electron chi connectivity index (χ1n) is 7.32. The molecule has 0 atom stereocenters. The van der Waals surface area contributed by atoms with E-state index in [1.54, 1.807) is 30.2 Å². The molecule has 0 saturated heterocycles. The molecule has 0 amide bonds. The topological polar surface area (TPSA) is 72.7 Å². The SMILES string of the molecule is C=CCOc1ccc(CN(C)c2ccc(C=O)cc2[N+](=O)[O-])cc1. The average Bonchev–Trinajstić information content (AvgIpc) is 2.60. The lowest BCUT2D eigenvalue weighted by molar-refractivity contribution is -0.384. The zero-order chi connectivity index (χ0) is 17.5. The van der Waals surface area contributed by atoms with E-state index >= 15 is 0 Å². The van der Waals surface area contributed by atoms with Gasteiger partial charge in [0.1, 0.15) is 24.3 Å². The van der Waals surface area contributed by atoms with Crippen molar-refractivity contribution < 1.29 is 14.5 Å². The van der Waals surface area contributed by atoms with E-state index in [2.05, 4.69) is 6.58 Å². The lowest BCUT2D eigenvalue weighted by Crippen LogP contribution is -2.17. The van der Waals surface area contributed by atoms with Gasteiger partial charge in [0.05, 0.1) is 4.92 Å². The van der Waals surface area contributed by atoms with Crippen LogP contribution in [0.25, 0.3) is 0 Å². The van der Waals surface area contributed by atoms with Gasteiger partial charge in [-0.05, 0) is 29.8 Å². The van der Waals surface area contributed by atoms with E-state index in [1.807, 2.05) is 24.3 Å². The maximum Gasteiger partial charge on any atom is 0.293 e. The number of ether oxygens (including phenoxy) is 1. The summed E-state index contributed by atoms with van der Waals surface area (Å²) < 4.78 is 5.42. The number of anilines is 1. The molecule has 2 aromatic carbocycles. The normalized spacial score (nSPS) is 10.0. The van der Waals surface area contributed by atoms with Crippen LogP contribution >= 0.6 is 0 Å². The third kappa shape index (κ3) is 4.19. The summed E-state index contributed by atoms with van der Waals surface area (Å²) in [7, 11) is 1.77. The summed E-state index contributed by atoms with van der Waals surface area (Å²) in [5, 5.41) is 11.2. The lowest BCUT2D eigenvalue weighted by atomic mass is 10.1. The molecule has 0 aliphatic rings. The van der Waals surface area contributed by atoms with Crippen molar-refractivity contribution in [1.29, 1.82) is 0 Å². The molecule has 0 N–H and O–H groups in total. The summed E-state index contributed by atoms with van der Waals surface area (Å²) in [5.74, 6) is 0.739. The first-order chi connectivity index (χ1) is 11.5. The fourth-order valence-electron chi connectivity index (χ4n) is 2.29. The Morgan fingerprint density at radius 2 is 1.96 bits per heavy atom. The number of rotatable bonds is 8. The number of hydrogen-bond donors (Lipinski definition) is 0. The summed E-state index contributed by atoms with van der Waals surface area (Å²) in [6.07, 6.45) is 2.27. The molecule has 0 heterocycles. The first-order valence-corrected chi connectivity index (χ1v) is 7.32. The number of aldehydes is 1. The maximum atomic E-state index is 11.2. The molecule has 2 rings (SSSR count). The predicted octanol–water partition coefficient (Wildman–Crippen LogP) is 3.61. The van der Waals surface area contributed by atoms with Crippen LogP contribution in [0, 0.1) is 10.1 Å². The van der Waals surface area contributed by atoms with E-state index in [4.69, 9.17) is 4.74 Å². The number of benzene rings is 2. The summed E-state index contributed by atoms with van der Waals surface area (Å²) in [4.78, 5) is 23.3. The van der Waals surface area contributed by atoms with Crippen molar-refractivity contribution in [3.8, 4) is 5.75 Å². The van der Waals surface area contributed by atoms with Gasteiger partial charge < -0.3 is 9.64 Å². The highest BCUT2D eigenvalue weighted by Gasteiger charge is 2.18. The molecule has 2 aromatic rings. The predicted molar refractivity (Wildman–Crippen MR) is 92.7 cm³/mol. The second-order valence-corrected chi connectivity index (χ2v) is 5.22. The third-order valence-electron chi connectivity index (χ3n) is 3.45. The molecule has 0 aliphatic heterocycles. The van der Waals surface area contributed by atoms with E-state index < -0.39 is 4.92 Å². The molecule has 6 heteroatoms. The van der Waals surface area contributed by atoms with Gasteiger partial charge in [-0.3, -0.25) is 14.9 Å². The summed E-state index contributed by atoms with van der Waals surface area (Å²) in [5.41, 5.74) is 1.63. The molecule has 6 nitrogen and oxygen atoms in total. The summed E-state index contributed by atoms with van der Waals surface area (Å²) in [6.45, 7) is 4.52. The number of carbonyl (C=O) groups excluding carboxylic acids is 1. The number of nitro benzene ring substituents is 1. The minimum atomic E-state index is -0.481. The van der Waals surface area contributed by atoms with Crippen molar-refractivity contribution in [2.24, 2.45) is 0 Å². The van der Waals surface area contributed by atoms with Crippen molar-refractivity contribution in [2.45, 2.75) is 6.54 Å². The maximum absolute atomic E-state index is 11.2. The van der Waals surface area contributed by atoms with Crippen molar-refractivity contribution in [1.82, 2.24) is 0 Å². The molecule has 0 aliphatic carbocycles. The molecule has 0 unspecified atom stereocenters. The van der Waals surface area contributed by atoms with E-state index in [9.17, 15) is 14.9 Å². The Kier molecular flexibility index (Phi) is 5.68. The van der Waals surface area contributed by atoms with Crippen LogP contribution in [0.2, 0.25) is 0 Å². The highest BCUT2D eigenvalue weighted by Crippen LogP contribution is 2.29. The Balaban J connectivity index is 2.17. The molecule has 24 heavy (non-hydrogen) atoms. The van der Waals surface area contributed by atoms with Crippen molar-refractivity contribution in [3.05, 3.63) is 76.4 Å². The number of nitrogens with zero attached hydrogens (tertiary/aromatic N) is 2. The Bertz CT molecular complexity index is 741. The quantitative estimate of drug-likeness (QED) is 0.321. The second-order valence-electron chi connectivity index (χ2n) is 5.22. The lowest BCUT2D eigenvalue weighted by Gasteiger charge is -2.19. The van der Waals surface area contributed by atoms with E-state index in [0.717, 1.165) is 11.3 Å². The second kappa shape index (κ2) is 7.92. The van der Waals surface area contributed by atoms with Gasteiger partial charge in [0, 0.05) is 25.2 Å². The monoisotopic (exact) mass is 326 g/mol. The standard InChI is InChI=1S/C18H18N2O4/c1-3-10-24-16-7-4-14(5-8-16)12-19(2)17-9-6-15(13-21)11-18(17)20(22)23/h3-9,11,13H,1,10,12H2,2H3. The molecule has 0 radical (unpaired) electrons. The van der Waals surface area contributed by atoms with Gasteiger partial charge >= 0.3 is 0 Å². The summed E-state index contributed by atoms with van der Waals surface area (Å²) in [6, 6.07) is 11.9. The number of hydrogen-bond acceptors (Lipinski definition) is 5. The highest BCUT2D eigenvalue weighted by atomic mass is 16.6. The van der Waals surface area contributed by atoms with E-state index in [1.165, 1.54) is 6.07 Å². The Morgan fingerprint density at radius 1 is 1.25 bits per heavy atom. The van der Waals surface area contributed by atoms with Gasteiger partial charge in [-0.1, -0.05) is 24.8 Å². The minimum absolute atomic E-state index is 0.0898. The Morgan fingerprint density at radius 3 is 2.54 bits per heavy atom.